The molecule has 1 aliphatic heterocycles. The fourth-order valence-corrected chi connectivity index (χ4v) is 2.74. The average Bonchev–Trinajstić information content (AvgIpc) is 2.57. The second-order valence-electron chi connectivity index (χ2n) is 5.89. The number of halogens is 3. The molecule has 2 aromatic rings. The van der Waals surface area contributed by atoms with Gasteiger partial charge < -0.3 is 10.2 Å². The number of anilines is 1. The van der Waals surface area contributed by atoms with Crippen molar-refractivity contribution in [3.05, 3.63) is 41.1 Å². The molecule has 24 heavy (non-hydrogen) atoms. The number of rotatable bonds is 2. The van der Waals surface area contributed by atoms with Crippen LogP contribution in [-0.4, -0.2) is 36.1 Å². The lowest BCUT2D eigenvalue weighted by Gasteiger charge is -2.30. The first-order valence-electron chi connectivity index (χ1n) is 7.85. The van der Waals surface area contributed by atoms with E-state index in [-0.39, 0.29) is 0 Å². The Morgan fingerprint density at radius 3 is 2.21 bits per heavy atom. The number of alkyl halides is 3. The molecule has 1 aromatic carbocycles. The third kappa shape index (κ3) is 3.36. The van der Waals surface area contributed by atoms with Crippen molar-refractivity contribution in [3.8, 4) is 11.4 Å². The van der Waals surface area contributed by atoms with Gasteiger partial charge in [-0.05, 0) is 26.0 Å². The van der Waals surface area contributed by atoms with E-state index >= 15 is 0 Å². The number of hydrogen-bond acceptors (Lipinski definition) is 4. The zero-order valence-corrected chi connectivity index (χ0v) is 13.6. The van der Waals surface area contributed by atoms with E-state index in [1.54, 1.807) is 0 Å². The highest BCUT2D eigenvalue weighted by Gasteiger charge is 2.30. The zero-order valence-electron chi connectivity index (χ0n) is 13.6. The summed E-state index contributed by atoms with van der Waals surface area (Å²) in [7, 11) is 0. The molecule has 7 heteroatoms. The third-order valence-electron chi connectivity index (χ3n) is 4.25. The van der Waals surface area contributed by atoms with Crippen LogP contribution in [0, 0.1) is 13.8 Å². The van der Waals surface area contributed by atoms with Crippen molar-refractivity contribution in [2.75, 3.05) is 31.1 Å². The Morgan fingerprint density at radius 1 is 1.00 bits per heavy atom. The molecule has 0 aliphatic carbocycles. The van der Waals surface area contributed by atoms with E-state index in [9.17, 15) is 13.2 Å². The molecule has 128 valence electrons. The molecule has 0 unspecified atom stereocenters. The zero-order chi connectivity index (χ0) is 17.3. The van der Waals surface area contributed by atoms with Gasteiger partial charge in [0.2, 0.25) is 0 Å². The molecule has 0 amide bonds. The van der Waals surface area contributed by atoms with Crippen LogP contribution in [0.15, 0.2) is 24.3 Å². The van der Waals surface area contributed by atoms with E-state index in [0.717, 1.165) is 55.4 Å². The summed E-state index contributed by atoms with van der Waals surface area (Å²) in [4.78, 5) is 11.3. The van der Waals surface area contributed by atoms with Crippen molar-refractivity contribution in [3.63, 3.8) is 0 Å². The number of aromatic nitrogens is 2. The lowest BCUT2D eigenvalue weighted by Crippen LogP contribution is -2.44. The van der Waals surface area contributed by atoms with Crippen LogP contribution in [0.5, 0.6) is 0 Å². The molecule has 1 aliphatic rings. The highest BCUT2D eigenvalue weighted by molar-refractivity contribution is 5.61. The van der Waals surface area contributed by atoms with Gasteiger partial charge in [0.15, 0.2) is 5.82 Å². The van der Waals surface area contributed by atoms with Crippen LogP contribution in [0.2, 0.25) is 0 Å². The summed E-state index contributed by atoms with van der Waals surface area (Å²) in [5, 5.41) is 3.29. The smallest absolute Gasteiger partial charge is 0.354 e. The largest absolute Gasteiger partial charge is 0.416 e. The molecule has 1 saturated heterocycles. The number of hydrogen-bond donors (Lipinski definition) is 1. The van der Waals surface area contributed by atoms with Gasteiger partial charge in [-0.1, -0.05) is 12.1 Å². The van der Waals surface area contributed by atoms with Gasteiger partial charge in [-0.25, -0.2) is 9.97 Å². The van der Waals surface area contributed by atoms with Gasteiger partial charge in [0, 0.05) is 43.0 Å². The summed E-state index contributed by atoms with van der Waals surface area (Å²) in [6.07, 6.45) is -4.34. The van der Waals surface area contributed by atoms with Crippen molar-refractivity contribution >= 4 is 5.82 Å². The van der Waals surface area contributed by atoms with Gasteiger partial charge >= 0.3 is 6.18 Å². The molecule has 0 saturated carbocycles. The lowest BCUT2D eigenvalue weighted by atomic mass is 10.1. The Labute approximate surface area is 138 Å². The van der Waals surface area contributed by atoms with Crippen molar-refractivity contribution in [2.45, 2.75) is 20.0 Å². The molecule has 1 aromatic heterocycles. The number of benzene rings is 1. The minimum atomic E-state index is -4.34. The summed E-state index contributed by atoms with van der Waals surface area (Å²) >= 11 is 0. The molecule has 2 heterocycles. The van der Waals surface area contributed by atoms with E-state index in [2.05, 4.69) is 20.2 Å². The van der Waals surface area contributed by atoms with Crippen LogP contribution in [0.3, 0.4) is 0 Å². The summed E-state index contributed by atoms with van der Waals surface area (Å²) in [5.74, 6) is 1.32. The topological polar surface area (TPSA) is 41.1 Å². The Hall–Kier alpha value is -2.15. The van der Waals surface area contributed by atoms with Crippen LogP contribution < -0.4 is 10.2 Å². The van der Waals surface area contributed by atoms with E-state index in [0.29, 0.717) is 11.4 Å². The fourth-order valence-electron chi connectivity index (χ4n) is 2.74. The van der Waals surface area contributed by atoms with Crippen molar-refractivity contribution in [1.29, 1.82) is 0 Å². The molecule has 1 N–H and O–H groups in total. The molecule has 0 atom stereocenters. The van der Waals surface area contributed by atoms with E-state index < -0.39 is 11.7 Å². The average molecular weight is 336 g/mol. The predicted octanol–water partition coefficient (Wildman–Crippen LogP) is 3.19. The quantitative estimate of drug-likeness (QED) is 0.914. The minimum Gasteiger partial charge on any atom is -0.354 e. The summed E-state index contributed by atoms with van der Waals surface area (Å²) in [6.45, 7) is 7.35. The SMILES string of the molecule is Cc1nc(-c2ccc(C(F)(F)F)cc2)nc(N2CCNCC2)c1C. The summed E-state index contributed by atoms with van der Waals surface area (Å²) in [5.41, 5.74) is 1.76. The van der Waals surface area contributed by atoms with Crippen molar-refractivity contribution < 1.29 is 13.2 Å². The van der Waals surface area contributed by atoms with Gasteiger partial charge in [0.25, 0.3) is 0 Å². The molecular formula is C17H19F3N4. The van der Waals surface area contributed by atoms with Gasteiger partial charge in [-0.3, -0.25) is 0 Å². The van der Waals surface area contributed by atoms with Crippen molar-refractivity contribution in [2.24, 2.45) is 0 Å². The van der Waals surface area contributed by atoms with Crippen molar-refractivity contribution in [1.82, 2.24) is 15.3 Å². The highest BCUT2D eigenvalue weighted by atomic mass is 19.4. The molecule has 4 nitrogen and oxygen atoms in total. The molecular weight excluding hydrogens is 317 g/mol. The third-order valence-corrected chi connectivity index (χ3v) is 4.25. The minimum absolute atomic E-state index is 0.459. The maximum absolute atomic E-state index is 12.7. The normalized spacial score (nSPS) is 15.6. The van der Waals surface area contributed by atoms with Crippen LogP contribution >= 0.6 is 0 Å². The first kappa shape index (κ1) is 16.7. The summed E-state index contributed by atoms with van der Waals surface area (Å²) in [6, 6.07) is 4.99. The molecule has 0 radical (unpaired) electrons. The Balaban J connectivity index is 1.97. The van der Waals surface area contributed by atoms with Crippen LogP contribution in [-0.2, 0) is 6.18 Å². The van der Waals surface area contributed by atoms with Crippen LogP contribution in [0.4, 0.5) is 19.0 Å². The van der Waals surface area contributed by atoms with E-state index in [4.69, 9.17) is 0 Å². The fraction of sp³-hybridized carbons (Fsp3) is 0.412. The molecule has 3 rings (SSSR count). The Bertz CT molecular complexity index is 720. The highest BCUT2D eigenvalue weighted by Crippen LogP contribution is 2.31. The lowest BCUT2D eigenvalue weighted by molar-refractivity contribution is -0.137. The van der Waals surface area contributed by atoms with Gasteiger partial charge in [0.05, 0.1) is 5.56 Å². The Kier molecular flexibility index (Phi) is 4.45. The molecule has 0 bridgehead atoms. The second kappa shape index (κ2) is 6.39. The van der Waals surface area contributed by atoms with E-state index in [1.807, 2.05) is 13.8 Å². The number of piperazine rings is 1. The monoisotopic (exact) mass is 336 g/mol. The standard InChI is InChI=1S/C17H19F3N4/c1-11-12(2)22-15(23-16(11)24-9-7-21-8-10-24)13-3-5-14(6-4-13)17(18,19)20/h3-6,21H,7-10H2,1-2H3. The number of nitrogens with one attached hydrogen (secondary N) is 1. The van der Waals surface area contributed by atoms with E-state index in [1.165, 1.54) is 12.1 Å². The van der Waals surface area contributed by atoms with Gasteiger partial charge in [-0.15, -0.1) is 0 Å². The second-order valence-corrected chi connectivity index (χ2v) is 5.89. The van der Waals surface area contributed by atoms with Gasteiger partial charge in [0.1, 0.15) is 5.82 Å². The number of nitrogens with zero attached hydrogens (tertiary/aromatic N) is 3. The molecule has 0 spiro atoms. The van der Waals surface area contributed by atoms with Crippen LogP contribution in [0.1, 0.15) is 16.8 Å². The first-order valence-corrected chi connectivity index (χ1v) is 7.85. The predicted molar refractivity (Wildman–Crippen MR) is 87.0 cm³/mol. The molecule has 1 fully saturated rings. The first-order chi connectivity index (χ1) is 11.4. The number of aryl methyl sites for hydroxylation is 1. The Morgan fingerprint density at radius 2 is 1.62 bits per heavy atom. The summed E-state index contributed by atoms with van der Waals surface area (Å²) < 4.78 is 38.1. The van der Waals surface area contributed by atoms with Gasteiger partial charge in [-0.2, -0.15) is 13.2 Å². The van der Waals surface area contributed by atoms with Crippen LogP contribution in [0.25, 0.3) is 11.4 Å². The maximum Gasteiger partial charge on any atom is 0.416 e. The maximum atomic E-state index is 12.7.